The van der Waals surface area contributed by atoms with Gasteiger partial charge >= 0.3 is 0 Å². The van der Waals surface area contributed by atoms with E-state index in [0.717, 1.165) is 25.7 Å². The molecule has 0 aromatic carbocycles. The molecule has 1 saturated carbocycles. The Morgan fingerprint density at radius 2 is 2.07 bits per heavy atom. The van der Waals surface area contributed by atoms with Gasteiger partial charge in [-0.25, -0.2) is 0 Å². The Labute approximate surface area is 163 Å². The summed E-state index contributed by atoms with van der Waals surface area (Å²) in [5, 5.41) is 6.61. The second-order valence-corrected chi connectivity index (χ2v) is 8.64. The fraction of sp³-hybridized carbons (Fsp3) is 0.650. The van der Waals surface area contributed by atoms with E-state index < -0.39 is 12.1 Å². The SMILES string of the molecule is O=C(N[C@@H](CC1CCCC1)C(=O)N1CCCC2OCC(=O)C21)c1ccsc1. The topological polar surface area (TPSA) is 75.7 Å². The molecule has 2 aliphatic heterocycles. The standard InChI is InChI=1S/C20H26N2O4S/c23-16-11-26-17-6-3-8-22(18(16)17)20(25)15(10-13-4-1-2-5-13)21-19(24)14-7-9-27-12-14/h7,9,12-13,15,17-18H,1-6,8,10-11H2,(H,21,24)/t15-,17?,18?/m0/s1. The third kappa shape index (κ3) is 3.94. The highest BCUT2D eigenvalue weighted by atomic mass is 32.1. The Kier molecular flexibility index (Phi) is 5.59. The molecule has 0 spiro atoms. The number of likely N-dealkylation sites (tertiary alicyclic amines) is 1. The van der Waals surface area contributed by atoms with Crippen LogP contribution in [0.15, 0.2) is 16.8 Å². The summed E-state index contributed by atoms with van der Waals surface area (Å²) < 4.78 is 5.57. The van der Waals surface area contributed by atoms with Crippen LogP contribution in [0.5, 0.6) is 0 Å². The number of amides is 2. The summed E-state index contributed by atoms with van der Waals surface area (Å²) in [6.45, 7) is 0.651. The number of nitrogens with zero attached hydrogens (tertiary/aromatic N) is 1. The van der Waals surface area contributed by atoms with Crippen LogP contribution < -0.4 is 5.32 Å². The van der Waals surface area contributed by atoms with Crippen LogP contribution in [-0.2, 0) is 14.3 Å². The molecular weight excluding hydrogens is 364 g/mol. The first-order chi connectivity index (χ1) is 13.1. The predicted molar refractivity (Wildman–Crippen MR) is 102 cm³/mol. The molecule has 1 aromatic rings. The van der Waals surface area contributed by atoms with Gasteiger partial charge in [-0.15, -0.1) is 0 Å². The first-order valence-electron chi connectivity index (χ1n) is 9.91. The maximum Gasteiger partial charge on any atom is 0.252 e. The van der Waals surface area contributed by atoms with Gasteiger partial charge in [-0.05, 0) is 36.6 Å². The van der Waals surface area contributed by atoms with Gasteiger partial charge in [-0.1, -0.05) is 25.7 Å². The molecule has 3 heterocycles. The lowest BCUT2D eigenvalue weighted by Gasteiger charge is -2.38. The number of hydrogen-bond acceptors (Lipinski definition) is 5. The molecule has 2 saturated heterocycles. The molecule has 6 nitrogen and oxygen atoms in total. The van der Waals surface area contributed by atoms with Gasteiger partial charge in [0, 0.05) is 11.9 Å². The number of ether oxygens (including phenoxy) is 1. The molecule has 1 aromatic heterocycles. The van der Waals surface area contributed by atoms with Gasteiger partial charge in [-0.2, -0.15) is 11.3 Å². The fourth-order valence-corrected chi connectivity index (χ4v) is 5.31. The zero-order chi connectivity index (χ0) is 18.8. The van der Waals surface area contributed by atoms with E-state index in [2.05, 4.69) is 5.32 Å². The summed E-state index contributed by atoms with van der Waals surface area (Å²) in [4.78, 5) is 40.0. The van der Waals surface area contributed by atoms with Crippen LogP contribution in [0.3, 0.4) is 0 Å². The summed E-state index contributed by atoms with van der Waals surface area (Å²) in [5.74, 6) is 0.101. The van der Waals surface area contributed by atoms with E-state index in [1.807, 2.05) is 5.38 Å². The number of fused-ring (bicyclic) bond motifs is 1. The van der Waals surface area contributed by atoms with Gasteiger partial charge in [-0.3, -0.25) is 14.4 Å². The molecule has 1 aliphatic carbocycles. The maximum atomic E-state index is 13.4. The van der Waals surface area contributed by atoms with E-state index in [1.54, 1.807) is 16.3 Å². The van der Waals surface area contributed by atoms with Crippen LogP contribution in [0.25, 0.3) is 0 Å². The van der Waals surface area contributed by atoms with Crippen molar-refractivity contribution in [1.82, 2.24) is 10.2 Å². The summed E-state index contributed by atoms with van der Waals surface area (Å²) in [6.07, 6.45) is 6.68. The van der Waals surface area contributed by atoms with Gasteiger partial charge in [0.15, 0.2) is 5.78 Å². The second-order valence-electron chi connectivity index (χ2n) is 7.86. The van der Waals surface area contributed by atoms with E-state index >= 15 is 0 Å². The van der Waals surface area contributed by atoms with E-state index in [1.165, 1.54) is 24.2 Å². The van der Waals surface area contributed by atoms with Crippen molar-refractivity contribution in [3.63, 3.8) is 0 Å². The average Bonchev–Trinajstić information content (AvgIpc) is 3.43. The first-order valence-corrected chi connectivity index (χ1v) is 10.9. The molecule has 3 aliphatic rings. The Morgan fingerprint density at radius 3 is 2.81 bits per heavy atom. The second kappa shape index (κ2) is 8.10. The Hall–Kier alpha value is -1.73. The lowest BCUT2D eigenvalue weighted by Crippen LogP contribution is -2.58. The lowest BCUT2D eigenvalue weighted by molar-refractivity contribution is -0.142. The zero-order valence-corrected chi connectivity index (χ0v) is 16.2. The number of nitrogens with one attached hydrogen (secondary N) is 1. The van der Waals surface area contributed by atoms with E-state index in [-0.39, 0.29) is 30.3 Å². The minimum atomic E-state index is -0.576. The third-order valence-electron chi connectivity index (χ3n) is 6.06. The van der Waals surface area contributed by atoms with Crippen LogP contribution in [0.1, 0.15) is 55.3 Å². The van der Waals surface area contributed by atoms with E-state index in [0.29, 0.717) is 24.4 Å². The average molecular weight is 391 g/mol. The van der Waals surface area contributed by atoms with Crippen LogP contribution in [0.4, 0.5) is 0 Å². The smallest absolute Gasteiger partial charge is 0.252 e. The summed E-state index contributed by atoms with van der Waals surface area (Å²) >= 11 is 1.46. The van der Waals surface area contributed by atoms with Crippen molar-refractivity contribution < 1.29 is 19.1 Å². The normalized spacial score (nSPS) is 26.8. The molecule has 0 bridgehead atoms. The summed E-state index contributed by atoms with van der Waals surface area (Å²) in [6, 6.07) is 0.713. The Morgan fingerprint density at radius 1 is 1.26 bits per heavy atom. The Bertz CT molecular complexity index is 699. The van der Waals surface area contributed by atoms with Gasteiger partial charge in [0.05, 0.1) is 11.7 Å². The maximum absolute atomic E-state index is 13.4. The largest absolute Gasteiger partial charge is 0.368 e. The minimum absolute atomic E-state index is 0.0168. The number of ketones is 1. The number of Topliss-reactive ketones (excluding diaryl/α,β-unsaturated/α-hetero) is 1. The quantitative estimate of drug-likeness (QED) is 0.838. The minimum Gasteiger partial charge on any atom is -0.368 e. The monoisotopic (exact) mass is 390 g/mol. The molecule has 3 fully saturated rings. The molecule has 27 heavy (non-hydrogen) atoms. The van der Waals surface area contributed by atoms with Crippen molar-refractivity contribution in [2.45, 2.75) is 63.1 Å². The molecule has 3 atom stereocenters. The number of rotatable bonds is 5. The van der Waals surface area contributed by atoms with Gasteiger partial charge in [0.2, 0.25) is 5.91 Å². The van der Waals surface area contributed by atoms with Crippen LogP contribution in [-0.4, -0.2) is 53.8 Å². The van der Waals surface area contributed by atoms with Crippen molar-refractivity contribution >= 4 is 28.9 Å². The Balaban J connectivity index is 1.52. The van der Waals surface area contributed by atoms with Crippen molar-refractivity contribution in [2.24, 2.45) is 5.92 Å². The summed E-state index contributed by atoms with van der Waals surface area (Å²) in [5.41, 5.74) is 0.584. The number of thiophene rings is 1. The number of carbonyl (C=O) groups excluding carboxylic acids is 3. The number of piperidine rings is 1. The van der Waals surface area contributed by atoms with Gasteiger partial charge < -0.3 is 15.0 Å². The highest BCUT2D eigenvalue weighted by Gasteiger charge is 2.46. The molecule has 7 heteroatoms. The van der Waals surface area contributed by atoms with Gasteiger partial charge in [0.25, 0.3) is 5.91 Å². The number of carbonyl (C=O) groups is 3. The van der Waals surface area contributed by atoms with Crippen molar-refractivity contribution in [2.75, 3.05) is 13.2 Å². The first kappa shape index (κ1) is 18.6. The highest BCUT2D eigenvalue weighted by Crippen LogP contribution is 2.31. The predicted octanol–water partition coefficient (Wildman–Crippen LogP) is 2.39. The van der Waals surface area contributed by atoms with Crippen molar-refractivity contribution in [3.8, 4) is 0 Å². The summed E-state index contributed by atoms with van der Waals surface area (Å²) in [7, 11) is 0. The van der Waals surface area contributed by atoms with Crippen LogP contribution in [0.2, 0.25) is 0 Å². The molecule has 2 unspecified atom stereocenters. The molecule has 4 rings (SSSR count). The molecule has 0 radical (unpaired) electrons. The zero-order valence-electron chi connectivity index (χ0n) is 15.4. The molecule has 1 N–H and O–H groups in total. The molecule has 2 amide bonds. The lowest BCUT2D eigenvalue weighted by atomic mass is 9.93. The number of hydrogen-bond donors (Lipinski definition) is 1. The van der Waals surface area contributed by atoms with Crippen molar-refractivity contribution in [3.05, 3.63) is 22.4 Å². The van der Waals surface area contributed by atoms with Crippen LogP contribution in [0, 0.1) is 5.92 Å². The molecular formula is C20H26N2O4S. The molecule has 146 valence electrons. The van der Waals surface area contributed by atoms with E-state index in [4.69, 9.17) is 4.74 Å². The fourth-order valence-electron chi connectivity index (χ4n) is 4.67. The van der Waals surface area contributed by atoms with Crippen molar-refractivity contribution in [1.29, 1.82) is 0 Å². The third-order valence-corrected chi connectivity index (χ3v) is 6.74. The van der Waals surface area contributed by atoms with E-state index in [9.17, 15) is 14.4 Å². The highest BCUT2D eigenvalue weighted by molar-refractivity contribution is 7.08. The van der Waals surface area contributed by atoms with Crippen LogP contribution >= 0.6 is 11.3 Å². The van der Waals surface area contributed by atoms with Gasteiger partial charge in [0.1, 0.15) is 18.7 Å².